The van der Waals surface area contributed by atoms with Gasteiger partial charge in [0.25, 0.3) is 5.91 Å². The predicted octanol–water partition coefficient (Wildman–Crippen LogP) is 4.52. The van der Waals surface area contributed by atoms with Gasteiger partial charge in [0.15, 0.2) is 0 Å². The van der Waals surface area contributed by atoms with Gasteiger partial charge in [-0.25, -0.2) is 4.98 Å². The molecule has 6 heteroatoms. The third-order valence-electron chi connectivity index (χ3n) is 7.03. The summed E-state index contributed by atoms with van der Waals surface area (Å²) in [6.07, 6.45) is 0. The highest BCUT2D eigenvalue weighted by Gasteiger charge is 2.25. The first-order valence-corrected chi connectivity index (χ1v) is 11.9. The molecule has 34 heavy (non-hydrogen) atoms. The molecule has 2 aromatic carbocycles. The molecule has 5 rings (SSSR count). The molecule has 1 amide bonds. The highest BCUT2D eigenvalue weighted by Crippen LogP contribution is 2.30. The number of fused-ring (bicyclic) bond motifs is 1. The van der Waals surface area contributed by atoms with E-state index in [4.69, 9.17) is 4.98 Å². The molecule has 1 aliphatic heterocycles. The monoisotopic (exact) mass is 453 g/mol. The molecule has 0 aliphatic carbocycles. The summed E-state index contributed by atoms with van der Waals surface area (Å²) in [5.74, 6) is 0.0783. The molecular formula is C28H31N5O. The molecule has 1 fully saturated rings. The van der Waals surface area contributed by atoms with E-state index in [1.54, 1.807) is 0 Å². The van der Waals surface area contributed by atoms with E-state index < -0.39 is 0 Å². The van der Waals surface area contributed by atoms with E-state index in [0.717, 1.165) is 71.8 Å². The van der Waals surface area contributed by atoms with Gasteiger partial charge in [-0.2, -0.15) is 5.10 Å². The minimum Gasteiger partial charge on any atom is -0.336 e. The Hall–Kier alpha value is -3.51. The lowest BCUT2D eigenvalue weighted by molar-refractivity contribution is 0.0630. The standard InChI is InChI=1S/C28H31N5O/c1-19-9-5-6-10-22(19)18-32-13-15-33(16-14-32)28(34)24-17-26(27-20(2)30-31(4)21(27)3)29-25-12-8-7-11-23(24)25/h5-12,17H,13-16,18H2,1-4H3. The first kappa shape index (κ1) is 22.3. The number of pyridine rings is 1. The third kappa shape index (κ3) is 4.10. The largest absolute Gasteiger partial charge is 0.336 e. The zero-order valence-corrected chi connectivity index (χ0v) is 20.4. The van der Waals surface area contributed by atoms with E-state index >= 15 is 0 Å². The van der Waals surface area contributed by atoms with Gasteiger partial charge >= 0.3 is 0 Å². The molecule has 0 saturated carbocycles. The Kier molecular flexibility index (Phi) is 5.92. The number of hydrogen-bond acceptors (Lipinski definition) is 4. The molecule has 0 unspecified atom stereocenters. The normalized spacial score (nSPS) is 14.6. The van der Waals surface area contributed by atoms with Crippen LogP contribution in [-0.4, -0.2) is 56.7 Å². The van der Waals surface area contributed by atoms with Gasteiger partial charge in [0.05, 0.1) is 22.5 Å². The molecule has 3 heterocycles. The number of aryl methyl sites for hydroxylation is 3. The molecule has 4 aromatic rings. The van der Waals surface area contributed by atoms with Crippen LogP contribution in [0.25, 0.3) is 22.2 Å². The van der Waals surface area contributed by atoms with Crippen molar-refractivity contribution in [3.8, 4) is 11.3 Å². The van der Waals surface area contributed by atoms with Crippen LogP contribution in [0.4, 0.5) is 0 Å². The summed E-state index contributed by atoms with van der Waals surface area (Å²) in [4.78, 5) is 23.1. The Morgan fingerprint density at radius 2 is 1.65 bits per heavy atom. The Balaban J connectivity index is 1.42. The van der Waals surface area contributed by atoms with Gasteiger partial charge in [0, 0.05) is 56.4 Å². The fraction of sp³-hybridized carbons (Fsp3) is 0.321. The van der Waals surface area contributed by atoms with Crippen LogP contribution in [0.1, 0.15) is 32.9 Å². The van der Waals surface area contributed by atoms with Crippen LogP contribution in [0.3, 0.4) is 0 Å². The van der Waals surface area contributed by atoms with Crippen molar-refractivity contribution in [1.29, 1.82) is 0 Å². The Labute approximate surface area is 200 Å². The number of hydrogen-bond donors (Lipinski definition) is 0. The number of piperazine rings is 1. The van der Waals surface area contributed by atoms with Gasteiger partial charge in [-0.05, 0) is 44.0 Å². The number of carbonyl (C=O) groups excluding carboxylic acids is 1. The Morgan fingerprint density at radius 1 is 0.941 bits per heavy atom. The average molecular weight is 454 g/mol. The fourth-order valence-electron chi connectivity index (χ4n) is 4.93. The number of nitrogens with zero attached hydrogens (tertiary/aromatic N) is 5. The fourth-order valence-corrected chi connectivity index (χ4v) is 4.93. The van der Waals surface area contributed by atoms with Crippen LogP contribution >= 0.6 is 0 Å². The number of amides is 1. The van der Waals surface area contributed by atoms with Crippen molar-refractivity contribution in [2.75, 3.05) is 26.2 Å². The van der Waals surface area contributed by atoms with Crippen molar-refractivity contribution in [2.24, 2.45) is 7.05 Å². The van der Waals surface area contributed by atoms with E-state index in [0.29, 0.717) is 0 Å². The SMILES string of the molecule is Cc1ccccc1CN1CCN(C(=O)c2cc(-c3c(C)nn(C)c3C)nc3ccccc23)CC1. The van der Waals surface area contributed by atoms with E-state index in [2.05, 4.69) is 41.2 Å². The maximum atomic E-state index is 13.8. The summed E-state index contributed by atoms with van der Waals surface area (Å²) < 4.78 is 1.87. The smallest absolute Gasteiger partial charge is 0.254 e. The van der Waals surface area contributed by atoms with Gasteiger partial charge in [-0.3, -0.25) is 14.4 Å². The quantitative estimate of drug-likeness (QED) is 0.456. The first-order chi connectivity index (χ1) is 16.4. The van der Waals surface area contributed by atoms with Crippen molar-refractivity contribution in [3.63, 3.8) is 0 Å². The van der Waals surface area contributed by atoms with E-state index in [1.807, 2.05) is 60.8 Å². The highest BCUT2D eigenvalue weighted by atomic mass is 16.2. The molecule has 1 aliphatic rings. The van der Waals surface area contributed by atoms with Crippen LogP contribution in [0.2, 0.25) is 0 Å². The molecule has 0 atom stereocenters. The van der Waals surface area contributed by atoms with Crippen molar-refractivity contribution >= 4 is 16.8 Å². The molecule has 0 bridgehead atoms. The van der Waals surface area contributed by atoms with Gasteiger partial charge in [-0.1, -0.05) is 42.5 Å². The highest BCUT2D eigenvalue weighted by molar-refractivity contribution is 6.07. The lowest BCUT2D eigenvalue weighted by Gasteiger charge is -2.35. The number of carbonyl (C=O) groups is 1. The number of benzene rings is 2. The maximum Gasteiger partial charge on any atom is 0.254 e. The summed E-state index contributed by atoms with van der Waals surface area (Å²) >= 11 is 0. The van der Waals surface area contributed by atoms with Crippen molar-refractivity contribution < 1.29 is 4.79 Å². The van der Waals surface area contributed by atoms with Gasteiger partial charge < -0.3 is 4.90 Å². The van der Waals surface area contributed by atoms with Crippen LogP contribution in [-0.2, 0) is 13.6 Å². The van der Waals surface area contributed by atoms with E-state index in [9.17, 15) is 4.79 Å². The zero-order valence-electron chi connectivity index (χ0n) is 20.4. The minimum absolute atomic E-state index is 0.0783. The second-order valence-corrected chi connectivity index (χ2v) is 9.24. The van der Waals surface area contributed by atoms with E-state index in [1.165, 1.54) is 11.1 Å². The number of para-hydroxylation sites is 1. The number of rotatable bonds is 4. The topological polar surface area (TPSA) is 54.3 Å². The summed E-state index contributed by atoms with van der Waals surface area (Å²) in [7, 11) is 1.94. The van der Waals surface area contributed by atoms with Crippen LogP contribution in [0.15, 0.2) is 54.6 Å². The second kappa shape index (κ2) is 9.03. The van der Waals surface area contributed by atoms with Gasteiger partial charge in [0.1, 0.15) is 0 Å². The summed E-state index contributed by atoms with van der Waals surface area (Å²) in [6, 6.07) is 18.4. The predicted molar refractivity (Wildman–Crippen MR) is 136 cm³/mol. The third-order valence-corrected chi connectivity index (χ3v) is 7.03. The summed E-state index contributed by atoms with van der Waals surface area (Å²) in [5, 5.41) is 5.46. The lowest BCUT2D eigenvalue weighted by Crippen LogP contribution is -2.48. The van der Waals surface area contributed by atoms with Crippen LogP contribution in [0, 0.1) is 20.8 Å². The van der Waals surface area contributed by atoms with Gasteiger partial charge in [-0.15, -0.1) is 0 Å². The van der Waals surface area contributed by atoms with E-state index in [-0.39, 0.29) is 5.91 Å². The Morgan fingerprint density at radius 3 is 2.35 bits per heavy atom. The van der Waals surface area contributed by atoms with Crippen LogP contribution < -0.4 is 0 Å². The molecule has 2 aromatic heterocycles. The van der Waals surface area contributed by atoms with Crippen molar-refractivity contribution in [2.45, 2.75) is 27.3 Å². The van der Waals surface area contributed by atoms with Crippen molar-refractivity contribution in [3.05, 3.63) is 82.7 Å². The summed E-state index contributed by atoms with van der Waals surface area (Å²) in [6.45, 7) is 10.3. The number of aromatic nitrogens is 3. The molecule has 0 radical (unpaired) electrons. The van der Waals surface area contributed by atoms with Crippen molar-refractivity contribution in [1.82, 2.24) is 24.6 Å². The van der Waals surface area contributed by atoms with Crippen LogP contribution in [0.5, 0.6) is 0 Å². The molecule has 174 valence electrons. The summed E-state index contributed by atoms with van der Waals surface area (Å²) in [5.41, 5.74) is 8.01. The van der Waals surface area contributed by atoms with Gasteiger partial charge in [0.2, 0.25) is 0 Å². The molecule has 1 saturated heterocycles. The average Bonchev–Trinajstić information content (AvgIpc) is 3.10. The Bertz CT molecular complexity index is 1360. The minimum atomic E-state index is 0.0783. The maximum absolute atomic E-state index is 13.8. The first-order valence-electron chi connectivity index (χ1n) is 11.9. The molecule has 0 spiro atoms. The lowest BCUT2D eigenvalue weighted by atomic mass is 10.0. The molecular weight excluding hydrogens is 422 g/mol. The molecule has 0 N–H and O–H groups in total. The zero-order chi connectivity index (χ0) is 23.8. The second-order valence-electron chi connectivity index (χ2n) is 9.24. The molecule has 6 nitrogen and oxygen atoms in total.